The van der Waals surface area contributed by atoms with Gasteiger partial charge in [-0.25, -0.2) is 0 Å². The van der Waals surface area contributed by atoms with Crippen molar-refractivity contribution >= 4 is 11.9 Å². The normalized spacial score (nSPS) is 17.2. The highest BCUT2D eigenvalue weighted by atomic mass is 16.5. The molecule has 0 radical (unpaired) electrons. The van der Waals surface area contributed by atoms with Gasteiger partial charge in [-0.3, -0.25) is 14.5 Å². The summed E-state index contributed by atoms with van der Waals surface area (Å²) in [5.74, 6) is 0.547. The van der Waals surface area contributed by atoms with E-state index in [2.05, 4.69) is 0 Å². The lowest BCUT2D eigenvalue weighted by Gasteiger charge is -2.32. The summed E-state index contributed by atoms with van der Waals surface area (Å²) in [6.07, 6.45) is 1.64. The van der Waals surface area contributed by atoms with Gasteiger partial charge < -0.3 is 14.4 Å². The van der Waals surface area contributed by atoms with E-state index in [1.807, 2.05) is 43.1 Å². The van der Waals surface area contributed by atoms with Crippen LogP contribution in [0, 0.1) is 12.8 Å². The molecule has 1 amide bonds. The zero-order valence-electron chi connectivity index (χ0n) is 16.1. The first-order valence-corrected chi connectivity index (χ1v) is 9.32. The highest BCUT2D eigenvalue weighted by molar-refractivity contribution is 5.80. The van der Waals surface area contributed by atoms with E-state index in [0.29, 0.717) is 39.4 Å². The minimum Gasteiger partial charge on any atom is -0.492 e. The summed E-state index contributed by atoms with van der Waals surface area (Å²) in [5.41, 5.74) is 1.10. The zero-order valence-corrected chi connectivity index (χ0v) is 16.1. The maximum absolute atomic E-state index is 12.5. The summed E-state index contributed by atoms with van der Waals surface area (Å²) < 4.78 is 10.9. The summed E-state index contributed by atoms with van der Waals surface area (Å²) in [7, 11) is 1.91. The van der Waals surface area contributed by atoms with Crippen molar-refractivity contribution in [1.29, 1.82) is 0 Å². The van der Waals surface area contributed by atoms with E-state index in [1.54, 1.807) is 11.8 Å². The molecule has 0 saturated carbocycles. The monoisotopic (exact) mass is 362 g/mol. The fraction of sp³-hybridized carbons (Fsp3) is 0.600. The van der Waals surface area contributed by atoms with Crippen LogP contribution in [0.3, 0.4) is 0 Å². The van der Waals surface area contributed by atoms with Crippen LogP contribution in [0.25, 0.3) is 0 Å². The molecule has 1 fully saturated rings. The van der Waals surface area contributed by atoms with Crippen LogP contribution in [0.2, 0.25) is 0 Å². The number of likely N-dealkylation sites (N-methyl/N-ethyl adjacent to an activating group) is 1. The quantitative estimate of drug-likeness (QED) is 0.663. The SMILES string of the molecule is CCOC(=O)C1CCCN(C(=O)CN(C)CCOc2ccccc2C)C1. The third kappa shape index (κ3) is 6.02. The van der Waals surface area contributed by atoms with Crippen LogP contribution in [-0.4, -0.2) is 68.1 Å². The van der Waals surface area contributed by atoms with E-state index < -0.39 is 0 Å². The number of hydrogen-bond donors (Lipinski definition) is 0. The summed E-state index contributed by atoms with van der Waals surface area (Å²) in [4.78, 5) is 28.2. The molecule has 1 saturated heterocycles. The zero-order chi connectivity index (χ0) is 18.9. The Balaban J connectivity index is 1.74. The number of rotatable bonds is 8. The van der Waals surface area contributed by atoms with Crippen LogP contribution in [0.15, 0.2) is 24.3 Å². The molecule has 26 heavy (non-hydrogen) atoms. The average Bonchev–Trinajstić information content (AvgIpc) is 2.63. The molecular weight excluding hydrogens is 332 g/mol. The van der Waals surface area contributed by atoms with Crippen LogP contribution < -0.4 is 4.74 Å². The minimum atomic E-state index is -0.192. The van der Waals surface area contributed by atoms with E-state index in [-0.39, 0.29) is 17.8 Å². The van der Waals surface area contributed by atoms with Crippen LogP contribution in [-0.2, 0) is 14.3 Å². The van der Waals surface area contributed by atoms with Crippen LogP contribution in [0.1, 0.15) is 25.3 Å². The predicted molar refractivity (Wildman–Crippen MR) is 100 cm³/mol. The Labute approximate surface area is 156 Å². The molecule has 0 spiro atoms. The second-order valence-electron chi connectivity index (χ2n) is 6.78. The van der Waals surface area contributed by atoms with E-state index in [1.165, 1.54) is 0 Å². The van der Waals surface area contributed by atoms with Gasteiger partial charge in [-0.1, -0.05) is 18.2 Å². The number of piperidine rings is 1. The number of likely N-dealkylation sites (tertiary alicyclic amines) is 1. The summed E-state index contributed by atoms with van der Waals surface area (Å²) in [6.45, 7) is 6.89. The number of carbonyl (C=O) groups excluding carboxylic acids is 2. The fourth-order valence-corrected chi connectivity index (χ4v) is 3.10. The Morgan fingerprint density at radius 1 is 1.31 bits per heavy atom. The number of carbonyl (C=O) groups is 2. The largest absolute Gasteiger partial charge is 0.492 e. The molecule has 0 bridgehead atoms. The van der Waals surface area contributed by atoms with Crippen molar-refractivity contribution in [3.63, 3.8) is 0 Å². The van der Waals surface area contributed by atoms with Gasteiger partial charge in [-0.2, -0.15) is 0 Å². The highest BCUT2D eigenvalue weighted by Crippen LogP contribution is 2.18. The molecule has 1 unspecified atom stereocenters. The van der Waals surface area contributed by atoms with E-state index >= 15 is 0 Å². The molecule has 1 aliphatic rings. The van der Waals surface area contributed by atoms with Gasteiger partial charge in [0.25, 0.3) is 0 Å². The lowest BCUT2D eigenvalue weighted by Crippen LogP contribution is -2.46. The van der Waals surface area contributed by atoms with Gasteiger partial charge in [0.2, 0.25) is 5.91 Å². The van der Waals surface area contributed by atoms with Crippen LogP contribution in [0.5, 0.6) is 5.75 Å². The van der Waals surface area contributed by atoms with Gasteiger partial charge in [-0.15, -0.1) is 0 Å². The van der Waals surface area contributed by atoms with Crippen molar-refractivity contribution in [2.45, 2.75) is 26.7 Å². The molecule has 2 rings (SSSR count). The Kier molecular flexibility index (Phi) is 7.91. The Morgan fingerprint density at radius 3 is 2.81 bits per heavy atom. The molecule has 6 nitrogen and oxygen atoms in total. The van der Waals surface area contributed by atoms with E-state index in [0.717, 1.165) is 24.2 Å². The third-order valence-corrected chi connectivity index (χ3v) is 4.62. The number of ether oxygens (including phenoxy) is 2. The van der Waals surface area contributed by atoms with Crippen LogP contribution >= 0.6 is 0 Å². The minimum absolute atomic E-state index is 0.0531. The van der Waals surface area contributed by atoms with Gasteiger partial charge in [0.15, 0.2) is 0 Å². The number of hydrogen-bond acceptors (Lipinski definition) is 5. The fourth-order valence-electron chi connectivity index (χ4n) is 3.10. The average molecular weight is 362 g/mol. The number of amides is 1. The second kappa shape index (κ2) is 10.2. The Hall–Kier alpha value is -2.08. The molecule has 0 aromatic heterocycles. The number of aryl methyl sites for hydroxylation is 1. The first-order chi connectivity index (χ1) is 12.5. The Morgan fingerprint density at radius 2 is 2.08 bits per heavy atom. The molecule has 144 valence electrons. The first-order valence-electron chi connectivity index (χ1n) is 9.32. The topological polar surface area (TPSA) is 59.1 Å². The maximum Gasteiger partial charge on any atom is 0.310 e. The second-order valence-corrected chi connectivity index (χ2v) is 6.78. The standard InChI is InChI=1S/C20H30N2O4/c1-4-25-20(24)17-9-7-11-22(14-17)19(23)15-21(3)12-13-26-18-10-6-5-8-16(18)2/h5-6,8,10,17H,4,7,9,11-15H2,1-3H3. The highest BCUT2D eigenvalue weighted by Gasteiger charge is 2.29. The van der Waals surface area contributed by atoms with E-state index in [4.69, 9.17) is 9.47 Å². The molecule has 1 aromatic rings. The van der Waals surface area contributed by atoms with Gasteiger partial charge in [0.1, 0.15) is 12.4 Å². The Bertz CT molecular complexity index is 605. The van der Waals surface area contributed by atoms with Crippen LogP contribution in [0.4, 0.5) is 0 Å². The predicted octanol–water partition coefficient (Wildman–Crippen LogP) is 2.11. The van der Waals surface area contributed by atoms with Crippen molar-refractivity contribution in [3.8, 4) is 5.75 Å². The molecule has 1 heterocycles. The molecule has 0 aliphatic carbocycles. The first kappa shape index (κ1) is 20.2. The smallest absolute Gasteiger partial charge is 0.310 e. The molecular formula is C20H30N2O4. The van der Waals surface area contributed by atoms with Crippen molar-refractivity contribution in [2.75, 3.05) is 46.4 Å². The summed E-state index contributed by atoms with van der Waals surface area (Å²) in [5, 5.41) is 0. The van der Waals surface area contributed by atoms with Gasteiger partial charge in [-0.05, 0) is 45.4 Å². The molecule has 0 N–H and O–H groups in total. The number of para-hydroxylation sites is 1. The van der Waals surface area contributed by atoms with Gasteiger partial charge >= 0.3 is 5.97 Å². The van der Waals surface area contributed by atoms with E-state index in [9.17, 15) is 9.59 Å². The molecule has 6 heteroatoms. The summed E-state index contributed by atoms with van der Waals surface area (Å²) in [6, 6.07) is 7.89. The van der Waals surface area contributed by atoms with Crippen molar-refractivity contribution in [1.82, 2.24) is 9.80 Å². The van der Waals surface area contributed by atoms with Gasteiger partial charge in [0.05, 0.1) is 19.1 Å². The number of nitrogens with zero attached hydrogens (tertiary/aromatic N) is 2. The number of benzene rings is 1. The van der Waals surface area contributed by atoms with Crippen molar-refractivity contribution in [3.05, 3.63) is 29.8 Å². The molecule has 1 aromatic carbocycles. The lowest BCUT2D eigenvalue weighted by molar-refractivity contribution is -0.151. The molecule has 1 aliphatic heterocycles. The molecule has 1 atom stereocenters. The summed E-state index contributed by atoms with van der Waals surface area (Å²) >= 11 is 0. The third-order valence-electron chi connectivity index (χ3n) is 4.62. The maximum atomic E-state index is 12.5. The van der Waals surface area contributed by atoms with Crippen molar-refractivity contribution < 1.29 is 19.1 Å². The number of esters is 1. The lowest BCUT2D eigenvalue weighted by atomic mass is 9.98. The van der Waals surface area contributed by atoms with Crippen molar-refractivity contribution in [2.24, 2.45) is 5.92 Å². The van der Waals surface area contributed by atoms with Gasteiger partial charge in [0, 0.05) is 19.6 Å².